The molecule has 0 bridgehead atoms. The molecule has 132 valence electrons. The van der Waals surface area contributed by atoms with Crippen LogP contribution in [0.25, 0.3) is 0 Å². The zero-order valence-corrected chi connectivity index (χ0v) is 14.8. The SMILES string of the molecule is CC(C)C(CNC(=O)c1cccc[n+]1[O-])N1CCc2ccccc2C1. The Labute approximate surface area is 148 Å². The number of amides is 1. The van der Waals surface area contributed by atoms with E-state index in [1.807, 2.05) is 0 Å². The van der Waals surface area contributed by atoms with Crippen molar-refractivity contribution in [2.75, 3.05) is 13.1 Å². The lowest BCUT2D eigenvalue weighted by molar-refractivity contribution is -0.607. The number of hydrogen-bond donors (Lipinski definition) is 1. The molecule has 1 amide bonds. The summed E-state index contributed by atoms with van der Waals surface area (Å²) in [6.45, 7) is 6.78. The quantitative estimate of drug-likeness (QED) is 0.671. The highest BCUT2D eigenvalue weighted by Gasteiger charge is 2.27. The van der Waals surface area contributed by atoms with E-state index in [1.54, 1.807) is 18.2 Å². The summed E-state index contributed by atoms with van der Waals surface area (Å²) in [5.74, 6) is 0.0828. The molecule has 0 saturated carbocycles. The van der Waals surface area contributed by atoms with Crippen LogP contribution in [-0.2, 0) is 13.0 Å². The van der Waals surface area contributed by atoms with E-state index in [0.717, 1.165) is 19.5 Å². The minimum Gasteiger partial charge on any atom is -0.618 e. The number of carbonyl (C=O) groups excluding carboxylic acids is 1. The van der Waals surface area contributed by atoms with E-state index in [4.69, 9.17) is 0 Å². The van der Waals surface area contributed by atoms with Crippen molar-refractivity contribution in [3.63, 3.8) is 0 Å². The van der Waals surface area contributed by atoms with Gasteiger partial charge in [-0.2, -0.15) is 4.73 Å². The number of aromatic nitrogens is 1. The fourth-order valence-corrected chi connectivity index (χ4v) is 3.48. The monoisotopic (exact) mass is 339 g/mol. The van der Waals surface area contributed by atoms with Crippen LogP contribution in [0.3, 0.4) is 0 Å². The number of nitrogens with one attached hydrogen (secondary N) is 1. The van der Waals surface area contributed by atoms with Crippen molar-refractivity contribution in [2.24, 2.45) is 5.92 Å². The lowest BCUT2D eigenvalue weighted by Crippen LogP contribution is -2.49. The van der Waals surface area contributed by atoms with E-state index in [9.17, 15) is 10.0 Å². The van der Waals surface area contributed by atoms with Crippen LogP contribution < -0.4 is 10.0 Å². The van der Waals surface area contributed by atoms with Gasteiger partial charge in [-0.15, -0.1) is 0 Å². The van der Waals surface area contributed by atoms with E-state index in [2.05, 4.69) is 48.3 Å². The largest absolute Gasteiger partial charge is 0.618 e. The lowest BCUT2D eigenvalue weighted by Gasteiger charge is -2.37. The van der Waals surface area contributed by atoms with Crippen molar-refractivity contribution in [1.29, 1.82) is 0 Å². The summed E-state index contributed by atoms with van der Waals surface area (Å²) >= 11 is 0. The number of benzene rings is 1. The van der Waals surface area contributed by atoms with Gasteiger partial charge in [0.1, 0.15) is 0 Å². The summed E-state index contributed by atoms with van der Waals surface area (Å²) in [7, 11) is 0. The van der Waals surface area contributed by atoms with Crippen LogP contribution in [0, 0.1) is 11.1 Å². The van der Waals surface area contributed by atoms with Crippen molar-refractivity contribution in [2.45, 2.75) is 32.9 Å². The fraction of sp³-hybridized carbons (Fsp3) is 0.400. The minimum absolute atomic E-state index is 0.133. The van der Waals surface area contributed by atoms with Gasteiger partial charge in [-0.05, 0) is 29.5 Å². The van der Waals surface area contributed by atoms with Gasteiger partial charge in [0.2, 0.25) is 0 Å². The number of rotatable bonds is 5. The van der Waals surface area contributed by atoms with E-state index in [-0.39, 0.29) is 17.6 Å². The molecule has 1 atom stereocenters. The average molecular weight is 339 g/mol. The van der Waals surface area contributed by atoms with Crippen LogP contribution in [0.5, 0.6) is 0 Å². The fourth-order valence-electron chi connectivity index (χ4n) is 3.48. The molecule has 5 heteroatoms. The first-order chi connectivity index (χ1) is 12.1. The Bertz CT molecular complexity index is 745. The maximum Gasteiger partial charge on any atom is 0.317 e. The Morgan fingerprint density at radius 2 is 1.92 bits per heavy atom. The van der Waals surface area contributed by atoms with Gasteiger partial charge in [0.05, 0.1) is 0 Å². The first-order valence-electron chi connectivity index (χ1n) is 8.83. The van der Waals surface area contributed by atoms with Crippen molar-refractivity contribution in [3.05, 3.63) is 70.7 Å². The molecular formula is C20H25N3O2. The molecule has 0 radical (unpaired) electrons. The molecule has 1 N–H and O–H groups in total. The molecule has 1 aliphatic rings. The third-order valence-electron chi connectivity index (χ3n) is 4.93. The molecule has 0 saturated heterocycles. The molecule has 1 aromatic heterocycles. The Balaban J connectivity index is 1.66. The van der Waals surface area contributed by atoms with Gasteiger partial charge in [-0.25, -0.2) is 0 Å². The maximum absolute atomic E-state index is 12.3. The van der Waals surface area contributed by atoms with Crippen molar-refractivity contribution in [1.82, 2.24) is 10.2 Å². The molecule has 0 aliphatic carbocycles. The first kappa shape index (κ1) is 17.4. The van der Waals surface area contributed by atoms with Gasteiger partial charge in [-0.1, -0.05) is 38.1 Å². The van der Waals surface area contributed by atoms with Gasteiger partial charge in [0.15, 0.2) is 6.20 Å². The van der Waals surface area contributed by atoms with Crippen molar-refractivity contribution >= 4 is 5.91 Å². The Morgan fingerprint density at radius 1 is 1.20 bits per heavy atom. The highest BCUT2D eigenvalue weighted by Crippen LogP contribution is 2.22. The highest BCUT2D eigenvalue weighted by atomic mass is 16.5. The van der Waals surface area contributed by atoms with Crippen LogP contribution in [0.15, 0.2) is 48.7 Å². The summed E-state index contributed by atoms with van der Waals surface area (Å²) < 4.78 is 0.608. The summed E-state index contributed by atoms with van der Waals surface area (Å²) in [4.78, 5) is 14.8. The zero-order chi connectivity index (χ0) is 17.8. The average Bonchev–Trinajstić information content (AvgIpc) is 2.61. The zero-order valence-electron chi connectivity index (χ0n) is 14.8. The number of pyridine rings is 1. The second-order valence-electron chi connectivity index (χ2n) is 6.92. The Kier molecular flexibility index (Phi) is 5.34. The highest BCUT2D eigenvalue weighted by molar-refractivity contribution is 5.90. The first-order valence-corrected chi connectivity index (χ1v) is 8.83. The lowest BCUT2D eigenvalue weighted by atomic mass is 9.95. The Morgan fingerprint density at radius 3 is 2.64 bits per heavy atom. The maximum atomic E-state index is 12.3. The van der Waals surface area contributed by atoms with Crippen LogP contribution in [0.2, 0.25) is 0 Å². The van der Waals surface area contributed by atoms with E-state index < -0.39 is 0 Å². The van der Waals surface area contributed by atoms with E-state index >= 15 is 0 Å². The normalized spacial score (nSPS) is 15.6. The van der Waals surface area contributed by atoms with Gasteiger partial charge >= 0.3 is 5.91 Å². The standard InChI is InChI=1S/C20H25N3O2/c1-15(2)19(13-21-20(24)18-9-5-6-11-23(18)25)22-12-10-16-7-3-4-8-17(16)14-22/h3-9,11,15,19H,10,12-14H2,1-2H3,(H,21,24). The van der Waals surface area contributed by atoms with Crippen LogP contribution in [0.4, 0.5) is 0 Å². The molecule has 1 aromatic carbocycles. The van der Waals surface area contributed by atoms with Crippen molar-refractivity contribution in [3.8, 4) is 0 Å². The minimum atomic E-state index is -0.321. The second kappa shape index (κ2) is 7.66. The summed E-state index contributed by atoms with van der Waals surface area (Å²) in [5.41, 5.74) is 2.92. The molecule has 2 heterocycles. The number of carbonyl (C=O) groups is 1. The summed E-state index contributed by atoms with van der Waals surface area (Å²) in [5, 5.41) is 14.7. The molecule has 0 fully saturated rings. The summed E-state index contributed by atoms with van der Waals surface area (Å²) in [6, 6.07) is 13.6. The predicted molar refractivity (Wildman–Crippen MR) is 96.9 cm³/mol. The van der Waals surface area contributed by atoms with Gasteiger partial charge in [0.25, 0.3) is 5.69 Å². The molecule has 25 heavy (non-hydrogen) atoms. The number of hydrogen-bond acceptors (Lipinski definition) is 3. The van der Waals surface area contributed by atoms with Crippen LogP contribution >= 0.6 is 0 Å². The molecule has 0 spiro atoms. The number of fused-ring (bicyclic) bond motifs is 1. The molecule has 2 aromatic rings. The number of nitrogens with zero attached hydrogens (tertiary/aromatic N) is 2. The molecular weight excluding hydrogens is 314 g/mol. The molecule has 1 aliphatic heterocycles. The topological polar surface area (TPSA) is 59.3 Å². The molecule has 3 rings (SSSR count). The van der Waals surface area contributed by atoms with Crippen LogP contribution in [0.1, 0.15) is 35.5 Å². The second-order valence-corrected chi connectivity index (χ2v) is 6.92. The van der Waals surface area contributed by atoms with Crippen LogP contribution in [-0.4, -0.2) is 29.9 Å². The van der Waals surface area contributed by atoms with Gasteiger partial charge < -0.3 is 10.5 Å². The van der Waals surface area contributed by atoms with Gasteiger partial charge in [-0.3, -0.25) is 9.69 Å². The summed E-state index contributed by atoms with van der Waals surface area (Å²) in [6.07, 6.45) is 2.38. The Hall–Kier alpha value is -2.40. The van der Waals surface area contributed by atoms with Crippen molar-refractivity contribution < 1.29 is 9.52 Å². The van der Waals surface area contributed by atoms with E-state index in [1.165, 1.54) is 17.3 Å². The predicted octanol–water partition coefficient (Wildman–Crippen LogP) is 2.13. The van der Waals surface area contributed by atoms with E-state index in [0.29, 0.717) is 17.2 Å². The molecule has 5 nitrogen and oxygen atoms in total. The third-order valence-corrected chi connectivity index (χ3v) is 4.93. The smallest absolute Gasteiger partial charge is 0.317 e. The molecule has 1 unspecified atom stereocenters. The van der Waals surface area contributed by atoms with Gasteiger partial charge in [0, 0.05) is 37.8 Å². The third kappa shape index (κ3) is 3.99.